The van der Waals surface area contributed by atoms with E-state index in [9.17, 15) is 9.59 Å². The summed E-state index contributed by atoms with van der Waals surface area (Å²) in [7, 11) is 3.19. The van der Waals surface area contributed by atoms with Gasteiger partial charge >= 0.3 is 5.97 Å². The summed E-state index contributed by atoms with van der Waals surface area (Å²) in [6.45, 7) is 5.35. The second kappa shape index (κ2) is 9.50. The van der Waals surface area contributed by atoms with Crippen LogP contribution < -0.4 is 9.47 Å². The molecule has 10 heteroatoms. The van der Waals surface area contributed by atoms with E-state index < -0.39 is 5.25 Å². The molecule has 3 heterocycles. The van der Waals surface area contributed by atoms with E-state index in [-0.39, 0.29) is 23.8 Å². The van der Waals surface area contributed by atoms with E-state index in [0.717, 1.165) is 5.56 Å². The van der Waals surface area contributed by atoms with Crippen LogP contribution >= 0.6 is 11.8 Å². The lowest BCUT2D eigenvalue weighted by Crippen LogP contribution is -2.44. The summed E-state index contributed by atoms with van der Waals surface area (Å²) in [6, 6.07) is 5.53. The zero-order chi connectivity index (χ0) is 22.8. The van der Waals surface area contributed by atoms with Gasteiger partial charge < -0.3 is 14.2 Å². The Morgan fingerprint density at radius 1 is 1.22 bits per heavy atom. The van der Waals surface area contributed by atoms with Crippen LogP contribution in [0.4, 0.5) is 0 Å². The van der Waals surface area contributed by atoms with Crippen LogP contribution in [0.25, 0.3) is 0 Å². The molecule has 32 heavy (non-hydrogen) atoms. The summed E-state index contributed by atoms with van der Waals surface area (Å²) >= 11 is 1.43. The van der Waals surface area contributed by atoms with Gasteiger partial charge in [-0.2, -0.15) is 4.68 Å². The molecule has 0 saturated carbocycles. The van der Waals surface area contributed by atoms with Crippen LogP contribution in [-0.2, 0) is 9.53 Å². The predicted molar refractivity (Wildman–Crippen MR) is 118 cm³/mol. The molecule has 9 nitrogen and oxygen atoms in total. The summed E-state index contributed by atoms with van der Waals surface area (Å²) in [4.78, 5) is 32.2. The zero-order valence-electron chi connectivity index (χ0n) is 18.7. The molecule has 2 unspecified atom stereocenters. The van der Waals surface area contributed by atoms with Crippen LogP contribution in [0.15, 0.2) is 23.4 Å². The van der Waals surface area contributed by atoms with Gasteiger partial charge in [-0.3, -0.25) is 14.5 Å². The fraction of sp³-hybridized carbons (Fsp3) is 0.545. The van der Waals surface area contributed by atoms with E-state index in [1.165, 1.54) is 16.4 Å². The van der Waals surface area contributed by atoms with Crippen molar-refractivity contribution in [1.29, 1.82) is 0 Å². The van der Waals surface area contributed by atoms with E-state index in [1.807, 2.05) is 25.1 Å². The summed E-state index contributed by atoms with van der Waals surface area (Å²) in [6.07, 6.45) is 1.38. The second-order valence-electron chi connectivity index (χ2n) is 7.85. The van der Waals surface area contributed by atoms with Crippen molar-refractivity contribution in [3.8, 4) is 11.5 Å². The predicted octanol–water partition coefficient (Wildman–Crippen LogP) is 2.73. The minimum Gasteiger partial charge on any atom is -0.493 e. The standard InChI is InChI=1S/C22H28N4O5S/c1-5-31-21(28)14-8-10-25(11-9-14)18(15-6-7-16(29-3)17(12-15)30-4)19-20(27)26-22(32-19)23-13(2)24-26/h6-7,12,14,18-19H,5,8-11H2,1-4H3. The molecule has 172 valence electrons. The van der Waals surface area contributed by atoms with Crippen molar-refractivity contribution in [2.75, 3.05) is 33.9 Å². The summed E-state index contributed by atoms with van der Waals surface area (Å²) in [5, 5.41) is 4.49. The zero-order valence-corrected chi connectivity index (χ0v) is 19.6. The third-order valence-corrected chi connectivity index (χ3v) is 7.14. The second-order valence-corrected chi connectivity index (χ2v) is 8.96. The molecular weight excluding hydrogens is 432 g/mol. The lowest BCUT2D eigenvalue weighted by molar-refractivity contribution is -0.149. The van der Waals surface area contributed by atoms with Crippen LogP contribution in [-0.4, -0.2) is 70.7 Å². The molecule has 1 saturated heterocycles. The van der Waals surface area contributed by atoms with E-state index in [1.54, 1.807) is 21.1 Å². The van der Waals surface area contributed by atoms with Gasteiger partial charge in [0.1, 0.15) is 11.1 Å². The van der Waals surface area contributed by atoms with Gasteiger partial charge in [-0.15, -0.1) is 5.10 Å². The largest absolute Gasteiger partial charge is 0.493 e. The van der Waals surface area contributed by atoms with Crippen LogP contribution in [0, 0.1) is 12.8 Å². The Bertz CT molecular complexity index is 1000. The smallest absolute Gasteiger partial charge is 0.309 e. The Morgan fingerprint density at radius 2 is 1.94 bits per heavy atom. The number of thioether (sulfide) groups is 1. The molecule has 1 fully saturated rings. The lowest BCUT2D eigenvalue weighted by Gasteiger charge is -2.39. The minimum absolute atomic E-state index is 0.0853. The number of methoxy groups -OCH3 is 2. The molecule has 0 amide bonds. The molecule has 2 aliphatic heterocycles. The first-order valence-electron chi connectivity index (χ1n) is 10.7. The van der Waals surface area contributed by atoms with Crippen LogP contribution in [0.5, 0.6) is 11.5 Å². The molecule has 2 aliphatic rings. The van der Waals surface area contributed by atoms with E-state index in [4.69, 9.17) is 14.2 Å². The average Bonchev–Trinajstić information content (AvgIpc) is 3.31. The number of carbonyl (C=O) groups excluding carboxylic acids is 2. The maximum absolute atomic E-state index is 13.3. The van der Waals surface area contributed by atoms with Crippen molar-refractivity contribution in [3.63, 3.8) is 0 Å². The van der Waals surface area contributed by atoms with Crippen molar-refractivity contribution >= 4 is 23.6 Å². The van der Waals surface area contributed by atoms with Gasteiger partial charge in [0.25, 0.3) is 5.91 Å². The number of aromatic nitrogens is 3. The number of hydrogen-bond donors (Lipinski definition) is 0. The number of rotatable bonds is 7. The number of carbonyl (C=O) groups is 2. The highest BCUT2D eigenvalue weighted by Gasteiger charge is 2.44. The molecule has 0 N–H and O–H groups in total. The van der Waals surface area contributed by atoms with Crippen molar-refractivity contribution in [3.05, 3.63) is 29.6 Å². The number of fused-ring (bicyclic) bond motifs is 1. The molecule has 4 rings (SSSR count). The highest BCUT2D eigenvalue weighted by atomic mass is 32.2. The van der Waals surface area contributed by atoms with Crippen LogP contribution in [0.3, 0.4) is 0 Å². The van der Waals surface area contributed by atoms with Gasteiger partial charge in [0.2, 0.25) is 0 Å². The SMILES string of the molecule is CCOC(=O)C1CCN(C(c2ccc(OC)c(OC)c2)C2Sc3nc(C)nn3C2=O)CC1. The first-order chi connectivity index (χ1) is 15.5. The van der Waals surface area contributed by atoms with Crippen molar-refractivity contribution in [1.82, 2.24) is 19.7 Å². The molecular formula is C22H28N4O5S. The van der Waals surface area contributed by atoms with E-state index in [2.05, 4.69) is 15.0 Å². The van der Waals surface area contributed by atoms with Crippen LogP contribution in [0.2, 0.25) is 0 Å². The van der Waals surface area contributed by atoms with Crippen LogP contribution in [0.1, 0.15) is 42.0 Å². The maximum atomic E-state index is 13.3. The quantitative estimate of drug-likeness (QED) is 0.578. The summed E-state index contributed by atoms with van der Waals surface area (Å²) < 4.78 is 17.5. The summed E-state index contributed by atoms with van der Waals surface area (Å²) in [5.41, 5.74) is 0.950. The fourth-order valence-corrected chi connectivity index (χ4v) is 5.69. The Morgan fingerprint density at radius 3 is 2.56 bits per heavy atom. The monoisotopic (exact) mass is 460 g/mol. The molecule has 0 bridgehead atoms. The topological polar surface area (TPSA) is 95.8 Å². The Hall–Kier alpha value is -2.59. The number of esters is 1. The number of likely N-dealkylation sites (tertiary alicyclic amines) is 1. The number of hydrogen-bond acceptors (Lipinski definition) is 9. The van der Waals surface area contributed by atoms with Crippen molar-refractivity contribution in [2.45, 2.75) is 43.1 Å². The molecule has 0 spiro atoms. The van der Waals surface area contributed by atoms with Gasteiger partial charge in [-0.1, -0.05) is 17.8 Å². The lowest BCUT2D eigenvalue weighted by atomic mass is 9.92. The Kier molecular flexibility index (Phi) is 6.71. The van der Waals surface area contributed by atoms with E-state index >= 15 is 0 Å². The number of benzene rings is 1. The van der Waals surface area contributed by atoms with Gasteiger partial charge in [0.05, 0.1) is 32.8 Å². The molecule has 1 aromatic heterocycles. The van der Waals surface area contributed by atoms with Crippen molar-refractivity contribution in [2.24, 2.45) is 5.92 Å². The number of nitrogens with zero attached hydrogens (tertiary/aromatic N) is 4. The first kappa shape index (κ1) is 22.6. The molecule has 2 aromatic rings. The first-order valence-corrected chi connectivity index (χ1v) is 11.6. The Balaban J connectivity index is 1.63. The minimum atomic E-state index is -0.400. The van der Waals surface area contributed by atoms with E-state index in [0.29, 0.717) is 55.0 Å². The number of aryl methyl sites for hydroxylation is 1. The Labute approximate surface area is 191 Å². The maximum Gasteiger partial charge on any atom is 0.309 e. The normalized spacial score (nSPS) is 20.1. The summed E-state index contributed by atoms with van der Waals surface area (Å²) in [5.74, 6) is 1.49. The molecule has 0 aliphatic carbocycles. The van der Waals surface area contributed by atoms with Gasteiger partial charge in [-0.05, 0) is 57.5 Å². The molecule has 2 atom stereocenters. The van der Waals surface area contributed by atoms with Gasteiger partial charge in [0.15, 0.2) is 16.7 Å². The molecule has 1 aromatic carbocycles. The number of piperidine rings is 1. The fourth-order valence-electron chi connectivity index (χ4n) is 4.39. The van der Waals surface area contributed by atoms with Gasteiger partial charge in [-0.25, -0.2) is 4.98 Å². The highest BCUT2D eigenvalue weighted by molar-refractivity contribution is 8.00. The average molecular weight is 461 g/mol. The molecule has 0 radical (unpaired) electrons. The number of ether oxygens (including phenoxy) is 3. The van der Waals surface area contributed by atoms with Crippen molar-refractivity contribution < 1.29 is 23.8 Å². The highest BCUT2D eigenvalue weighted by Crippen LogP contribution is 2.43. The third kappa shape index (κ3) is 4.21. The third-order valence-electron chi connectivity index (χ3n) is 5.95. The van der Waals surface area contributed by atoms with Gasteiger partial charge in [0, 0.05) is 0 Å².